The quantitative estimate of drug-likeness (QED) is 0.681. The maximum Gasteiger partial charge on any atom is 0.256 e. The standard InChI is InChI=1S/C28H36N4O3/c1-3-24(22-10-6-4-7-11-22)27(34)32-18-16-30(17-19-32)26-13-12-23(29-21(2)33)20-25(26)28(35)31-14-8-5-9-15-31/h4,6-7,10-13,20,24H,3,5,8-9,14-19H2,1-2H3,(H,29,33)/t24-/m1/s1. The van der Waals surface area contributed by atoms with E-state index in [9.17, 15) is 14.4 Å². The molecule has 0 unspecified atom stereocenters. The van der Waals surface area contributed by atoms with E-state index in [1.807, 2.05) is 52.3 Å². The van der Waals surface area contributed by atoms with Crippen LogP contribution in [0.2, 0.25) is 0 Å². The molecule has 2 saturated heterocycles. The smallest absolute Gasteiger partial charge is 0.256 e. The lowest BCUT2D eigenvalue weighted by Gasteiger charge is -2.38. The Hall–Kier alpha value is -3.35. The molecule has 1 atom stereocenters. The highest BCUT2D eigenvalue weighted by atomic mass is 16.2. The van der Waals surface area contributed by atoms with Crippen LogP contribution in [0.25, 0.3) is 0 Å². The van der Waals surface area contributed by atoms with Crippen LogP contribution >= 0.6 is 0 Å². The molecule has 4 rings (SSSR count). The van der Waals surface area contributed by atoms with Crippen LogP contribution in [0.5, 0.6) is 0 Å². The molecule has 2 aliphatic heterocycles. The van der Waals surface area contributed by atoms with Gasteiger partial charge >= 0.3 is 0 Å². The first kappa shape index (κ1) is 24.8. The minimum atomic E-state index is -0.162. The predicted octanol–water partition coefficient (Wildman–Crippen LogP) is 4.11. The van der Waals surface area contributed by atoms with E-state index in [2.05, 4.69) is 17.1 Å². The van der Waals surface area contributed by atoms with E-state index in [1.54, 1.807) is 6.07 Å². The highest BCUT2D eigenvalue weighted by Gasteiger charge is 2.30. The van der Waals surface area contributed by atoms with Gasteiger partial charge in [0, 0.05) is 57.6 Å². The summed E-state index contributed by atoms with van der Waals surface area (Å²) in [6, 6.07) is 15.6. The van der Waals surface area contributed by atoms with E-state index in [4.69, 9.17) is 0 Å². The molecule has 7 nitrogen and oxygen atoms in total. The first-order valence-electron chi connectivity index (χ1n) is 12.8. The molecule has 35 heavy (non-hydrogen) atoms. The fraction of sp³-hybridized carbons (Fsp3) is 0.464. The summed E-state index contributed by atoms with van der Waals surface area (Å²) < 4.78 is 0. The van der Waals surface area contributed by atoms with Crippen molar-refractivity contribution in [3.8, 4) is 0 Å². The number of anilines is 2. The third kappa shape index (κ3) is 5.84. The van der Waals surface area contributed by atoms with Crippen molar-refractivity contribution < 1.29 is 14.4 Å². The lowest BCUT2D eigenvalue weighted by Crippen LogP contribution is -2.50. The van der Waals surface area contributed by atoms with Crippen molar-refractivity contribution in [2.75, 3.05) is 49.5 Å². The number of rotatable bonds is 6. The average molecular weight is 477 g/mol. The summed E-state index contributed by atoms with van der Waals surface area (Å²) >= 11 is 0. The van der Waals surface area contributed by atoms with Gasteiger partial charge in [-0.25, -0.2) is 0 Å². The van der Waals surface area contributed by atoms with Gasteiger partial charge in [0.1, 0.15) is 0 Å². The van der Waals surface area contributed by atoms with E-state index < -0.39 is 0 Å². The van der Waals surface area contributed by atoms with Gasteiger partial charge in [0.2, 0.25) is 11.8 Å². The highest BCUT2D eigenvalue weighted by Crippen LogP contribution is 2.29. The molecule has 1 N–H and O–H groups in total. The number of piperidine rings is 1. The van der Waals surface area contributed by atoms with Crippen molar-refractivity contribution in [1.82, 2.24) is 9.80 Å². The Morgan fingerprint density at radius 2 is 1.54 bits per heavy atom. The van der Waals surface area contributed by atoms with Gasteiger partial charge in [-0.05, 0) is 49.4 Å². The first-order chi connectivity index (χ1) is 17.0. The largest absolute Gasteiger partial charge is 0.367 e. The predicted molar refractivity (Wildman–Crippen MR) is 139 cm³/mol. The second kappa shape index (κ2) is 11.4. The summed E-state index contributed by atoms with van der Waals surface area (Å²) in [4.78, 5) is 44.5. The fourth-order valence-electron chi connectivity index (χ4n) is 5.16. The van der Waals surface area contributed by atoms with E-state index in [-0.39, 0.29) is 23.6 Å². The SMILES string of the molecule is CC[C@@H](C(=O)N1CCN(c2ccc(NC(C)=O)cc2C(=O)N2CCCCC2)CC1)c1ccccc1. The molecular formula is C28H36N4O3. The van der Waals surface area contributed by atoms with Gasteiger partial charge in [-0.3, -0.25) is 14.4 Å². The zero-order chi connectivity index (χ0) is 24.8. The Labute approximate surface area is 208 Å². The third-order valence-electron chi connectivity index (χ3n) is 7.03. The molecule has 0 radical (unpaired) electrons. The highest BCUT2D eigenvalue weighted by molar-refractivity contribution is 6.02. The molecule has 0 saturated carbocycles. The summed E-state index contributed by atoms with van der Waals surface area (Å²) in [5.74, 6) is -0.106. The van der Waals surface area contributed by atoms with E-state index in [0.29, 0.717) is 37.4 Å². The lowest BCUT2D eigenvalue weighted by molar-refractivity contribution is -0.133. The van der Waals surface area contributed by atoms with E-state index >= 15 is 0 Å². The summed E-state index contributed by atoms with van der Waals surface area (Å²) in [6.07, 6.45) is 3.96. The Morgan fingerprint density at radius 1 is 0.857 bits per heavy atom. The van der Waals surface area contributed by atoms with Crippen molar-refractivity contribution in [2.24, 2.45) is 0 Å². The summed E-state index contributed by atoms with van der Waals surface area (Å²) in [7, 11) is 0. The molecular weight excluding hydrogens is 440 g/mol. The molecule has 2 aliphatic rings. The van der Waals surface area contributed by atoms with Crippen LogP contribution in [0.1, 0.15) is 61.4 Å². The second-order valence-corrected chi connectivity index (χ2v) is 9.45. The second-order valence-electron chi connectivity index (χ2n) is 9.45. The molecule has 0 aliphatic carbocycles. The number of carbonyl (C=O) groups is 3. The lowest BCUT2D eigenvalue weighted by atomic mass is 9.94. The van der Waals surface area contributed by atoms with Crippen LogP contribution in [0.4, 0.5) is 11.4 Å². The number of hydrogen-bond donors (Lipinski definition) is 1. The fourth-order valence-corrected chi connectivity index (χ4v) is 5.16. The number of nitrogens with zero attached hydrogens (tertiary/aromatic N) is 3. The molecule has 0 bridgehead atoms. The van der Waals surface area contributed by atoms with Crippen LogP contribution < -0.4 is 10.2 Å². The Morgan fingerprint density at radius 3 is 2.17 bits per heavy atom. The zero-order valence-electron chi connectivity index (χ0n) is 20.8. The molecule has 0 spiro atoms. The van der Waals surface area contributed by atoms with Crippen LogP contribution in [0.3, 0.4) is 0 Å². The maximum absolute atomic E-state index is 13.5. The van der Waals surface area contributed by atoms with Crippen molar-refractivity contribution in [3.63, 3.8) is 0 Å². The number of amides is 3. The first-order valence-corrected chi connectivity index (χ1v) is 12.8. The summed E-state index contributed by atoms with van der Waals surface area (Å²) in [5, 5.41) is 2.81. The summed E-state index contributed by atoms with van der Waals surface area (Å²) in [5.41, 5.74) is 3.18. The molecule has 186 valence electrons. The number of hydrogen-bond acceptors (Lipinski definition) is 4. The molecule has 3 amide bonds. The molecule has 2 aromatic rings. The normalized spacial score (nSPS) is 17.1. The van der Waals surface area contributed by atoms with E-state index in [0.717, 1.165) is 50.0 Å². The molecule has 2 aromatic carbocycles. The van der Waals surface area contributed by atoms with Crippen molar-refractivity contribution in [3.05, 3.63) is 59.7 Å². The third-order valence-corrected chi connectivity index (χ3v) is 7.03. The maximum atomic E-state index is 13.5. The minimum absolute atomic E-state index is 0.0144. The summed E-state index contributed by atoms with van der Waals surface area (Å²) in [6.45, 7) is 7.62. The van der Waals surface area contributed by atoms with Crippen LogP contribution in [-0.4, -0.2) is 66.8 Å². The average Bonchev–Trinajstić information content (AvgIpc) is 2.89. The van der Waals surface area contributed by atoms with Crippen LogP contribution in [0.15, 0.2) is 48.5 Å². The van der Waals surface area contributed by atoms with Gasteiger partial charge in [0.15, 0.2) is 0 Å². The number of likely N-dealkylation sites (tertiary alicyclic amines) is 1. The topological polar surface area (TPSA) is 73.0 Å². The van der Waals surface area contributed by atoms with Gasteiger partial charge < -0.3 is 20.0 Å². The molecule has 0 aromatic heterocycles. The molecule has 7 heteroatoms. The molecule has 2 heterocycles. The zero-order valence-corrected chi connectivity index (χ0v) is 20.8. The Balaban J connectivity index is 1.50. The number of nitrogens with one attached hydrogen (secondary N) is 1. The minimum Gasteiger partial charge on any atom is -0.367 e. The monoisotopic (exact) mass is 476 g/mol. The van der Waals surface area contributed by atoms with Crippen molar-refractivity contribution >= 4 is 29.1 Å². The van der Waals surface area contributed by atoms with Crippen molar-refractivity contribution in [2.45, 2.75) is 45.4 Å². The van der Waals surface area contributed by atoms with Gasteiger partial charge in [-0.1, -0.05) is 37.3 Å². The van der Waals surface area contributed by atoms with Gasteiger partial charge in [0.05, 0.1) is 11.5 Å². The number of benzene rings is 2. The van der Waals surface area contributed by atoms with Crippen molar-refractivity contribution in [1.29, 1.82) is 0 Å². The Bertz CT molecular complexity index is 1040. The van der Waals surface area contributed by atoms with Gasteiger partial charge in [0.25, 0.3) is 5.91 Å². The Kier molecular flexibility index (Phi) is 8.06. The van der Waals surface area contributed by atoms with E-state index in [1.165, 1.54) is 6.92 Å². The van der Waals surface area contributed by atoms with Gasteiger partial charge in [-0.15, -0.1) is 0 Å². The van der Waals surface area contributed by atoms with Gasteiger partial charge in [-0.2, -0.15) is 0 Å². The number of piperazine rings is 1. The van der Waals surface area contributed by atoms with Crippen LogP contribution in [0, 0.1) is 0 Å². The van der Waals surface area contributed by atoms with Crippen LogP contribution in [-0.2, 0) is 9.59 Å². The number of carbonyl (C=O) groups excluding carboxylic acids is 3. The molecule has 2 fully saturated rings.